The van der Waals surface area contributed by atoms with Crippen LogP contribution >= 0.6 is 0 Å². The van der Waals surface area contributed by atoms with Crippen LogP contribution in [0.4, 0.5) is 0 Å². The number of allylic oxidation sites excluding steroid dienone is 1. The maximum absolute atomic E-state index is 12.5. The van der Waals surface area contributed by atoms with Crippen molar-refractivity contribution in [2.45, 2.75) is 26.3 Å². The fraction of sp³-hybridized carbons (Fsp3) is 0.389. The van der Waals surface area contributed by atoms with Crippen molar-refractivity contribution < 1.29 is 4.79 Å². The maximum Gasteiger partial charge on any atom is 0.182 e. The number of benzene rings is 1. The highest BCUT2D eigenvalue weighted by molar-refractivity contribution is 6.04. The molecule has 5 rings (SSSR count). The molecule has 3 aliphatic rings. The smallest absolute Gasteiger partial charge is 0.182 e. The summed E-state index contributed by atoms with van der Waals surface area (Å²) in [6.45, 7) is 5.17. The van der Waals surface area contributed by atoms with Gasteiger partial charge in [0.05, 0.1) is 5.70 Å². The number of carbonyl (C=O) groups is 1. The molecule has 0 radical (unpaired) electrons. The quantitative estimate of drug-likeness (QED) is 0.789. The van der Waals surface area contributed by atoms with Crippen LogP contribution in [0.2, 0.25) is 0 Å². The van der Waals surface area contributed by atoms with Crippen LogP contribution < -0.4 is 0 Å². The second kappa shape index (κ2) is 4.76. The van der Waals surface area contributed by atoms with Gasteiger partial charge in [0.15, 0.2) is 5.78 Å². The summed E-state index contributed by atoms with van der Waals surface area (Å²) in [7, 11) is 0. The van der Waals surface area contributed by atoms with Crippen LogP contribution in [0.5, 0.6) is 0 Å². The fourth-order valence-electron chi connectivity index (χ4n) is 3.71. The Hall–Kier alpha value is -2.03. The van der Waals surface area contributed by atoms with Crippen molar-refractivity contribution in [1.29, 1.82) is 0 Å². The Morgan fingerprint density at radius 3 is 2.71 bits per heavy atom. The zero-order chi connectivity index (χ0) is 14.4. The van der Waals surface area contributed by atoms with Crippen LogP contribution in [0, 0.1) is 5.92 Å². The summed E-state index contributed by atoms with van der Waals surface area (Å²) in [5, 5.41) is 1.24. The summed E-state index contributed by atoms with van der Waals surface area (Å²) >= 11 is 0. The zero-order valence-corrected chi connectivity index (χ0v) is 12.4. The number of Topliss-reactive ketones (excluding diaryl/α,β-unsaturated/α-hetero) is 1. The SMILES string of the molecule is CCn1cc(/C=C2/C(=O)C3CCN2CC3)c2ccccc21. The standard InChI is InChI=1S/C18H20N2O/c1-2-19-12-14(15-5-3-4-6-16(15)19)11-17-18(21)13-7-9-20(17)10-8-13/h3-6,11-13H,2,7-10H2,1H3/b17-11-. The molecule has 108 valence electrons. The number of aryl methyl sites for hydroxylation is 1. The van der Waals surface area contributed by atoms with Gasteiger partial charge in [-0.2, -0.15) is 0 Å². The highest BCUT2D eigenvalue weighted by Gasteiger charge is 2.36. The van der Waals surface area contributed by atoms with Crippen molar-refractivity contribution in [2.24, 2.45) is 5.92 Å². The van der Waals surface area contributed by atoms with Gasteiger partial charge in [0, 0.05) is 48.2 Å². The Bertz CT molecular complexity index is 733. The second-order valence-corrected chi connectivity index (χ2v) is 6.04. The molecule has 0 saturated carbocycles. The van der Waals surface area contributed by atoms with Crippen LogP contribution in [0.15, 0.2) is 36.2 Å². The largest absolute Gasteiger partial charge is 0.369 e. The third-order valence-electron chi connectivity index (χ3n) is 4.91. The van der Waals surface area contributed by atoms with Crippen molar-refractivity contribution in [3.8, 4) is 0 Å². The lowest BCUT2D eigenvalue weighted by Crippen LogP contribution is -2.45. The second-order valence-electron chi connectivity index (χ2n) is 6.04. The minimum Gasteiger partial charge on any atom is -0.369 e. The zero-order valence-electron chi connectivity index (χ0n) is 12.4. The number of piperidine rings is 3. The predicted molar refractivity (Wildman–Crippen MR) is 84.9 cm³/mol. The number of hydrogen-bond acceptors (Lipinski definition) is 2. The first kappa shape index (κ1) is 12.7. The molecule has 0 atom stereocenters. The topological polar surface area (TPSA) is 25.2 Å². The first-order valence-corrected chi connectivity index (χ1v) is 7.86. The molecule has 3 fully saturated rings. The van der Waals surface area contributed by atoms with Gasteiger partial charge in [0.25, 0.3) is 0 Å². The van der Waals surface area contributed by atoms with E-state index in [0.717, 1.165) is 38.2 Å². The van der Waals surface area contributed by atoms with E-state index in [0.29, 0.717) is 5.78 Å². The lowest BCUT2D eigenvalue weighted by Gasteiger charge is -2.41. The van der Waals surface area contributed by atoms with Crippen LogP contribution in [0.25, 0.3) is 17.0 Å². The molecule has 3 heteroatoms. The summed E-state index contributed by atoms with van der Waals surface area (Å²) in [6, 6.07) is 8.44. The molecule has 0 spiro atoms. The van der Waals surface area contributed by atoms with Crippen molar-refractivity contribution in [3.05, 3.63) is 41.7 Å². The Morgan fingerprint density at radius 2 is 2.00 bits per heavy atom. The van der Waals surface area contributed by atoms with Gasteiger partial charge in [-0.05, 0) is 31.9 Å². The summed E-state index contributed by atoms with van der Waals surface area (Å²) in [6.07, 6.45) is 6.36. The summed E-state index contributed by atoms with van der Waals surface area (Å²) < 4.78 is 2.25. The maximum atomic E-state index is 12.5. The molecule has 3 aliphatic heterocycles. The van der Waals surface area contributed by atoms with Crippen LogP contribution in [0.1, 0.15) is 25.3 Å². The molecule has 0 aliphatic carbocycles. The third kappa shape index (κ3) is 1.91. The van der Waals surface area contributed by atoms with E-state index >= 15 is 0 Å². The molecular formula is C18H20N2O. The number of carbonyl (C=O) groups excluding carboxylic acids is 1. The Kier molecular flexibility index (Phi) is 2.88. The van der Waals surface area contributed by atoms with E-state index in [1.807, 2.05) is 0 Å². The first-order chi connectivity index (χ1) is 10.3. The van der Waals surface area contributed by atoms with Gasteiger partial charge in [0.2, 0.25) is 0 Å². The van der Waals surface area contributed by atoms with Gasteiger partial charge in [-0.1, -0.05) is 18.2 Å². The van der Waals surface area contributed by atoms with Gasteiger partial charge in [-0.3, -0.25) is 4.79 Å². The number of rotatable bonds is 2. The van der Waals surface area contributed by atoms with E-state index < -0.39 is 0 Å². The van der Waals surface area contributed by atoms with Crippen molar-refractivity contribution >= 4 is 22.8 Å². The number of hydrogen-bond donors (Lipinski definition) is 0. The molecule has 1 aromatic heterocycles. The molecular weight excluding hydrogens is 260 g/mol. The molecule has 0 unspecified atom stereocenters. The van der Waals surface area contributed by atoms with Crippen LogP contribution in [-0.4, -0.2) is 28.3 Å². The molecule has 21 heavy (non-hydrogen) atoms. The predicted octanol–water partition coefficient (Wildman–Crippen LogP) is 3.30. The number of para-hydroxylation sites is 1. The van der Waals surface area contributed by atoms with Crippen molar-refractivity contribution in [2.75, 3.05) is 13.1 Å². The monoisotopic (exact) mass is 280 g/mol. The van der Waals surface area contributed by atoms with Gasteiger partial charge >= 0.3 is 0 Å². The lowest BCUT2D eigenvalue weighted by atomic mass is 9.84. The molecule has 2 bridgehead atoms. The van der Waals surface area contributed by atoms with Gasteiger partial charge in [-0.25, -0.2) is 0 Å². The lowest BCUT2D eigenvalue weighted by molar-refractivity contribution is -0.125. The summed E-state index contributed by atoms with van der Waals surface area (Å²) in [5.74, 6) is 0.613. The fourth-order valence-corrected chi connectivity index (χ4v) is 3.71. The number of nitrogens with zero attached hydrogens (tertiary/aromatic N) is 2. The summed E-state index contributed by atoms with van der Waals surface area (Å²) in [5.41, 5.74) is 3.34. The number of ketones is 1. The van der Waals surface area contributed by atoms with Gasteiger partial charge < -0.3 is 9.47 Å². The minimum atomic E-state index is 0.265. The van der Waals surface area contributed by atoms with Crippen LogP contribution in [-0.2, 0) is 11.3 Å². The van der Waals surface area contributed by atoms with Gasteiger partial charge in [0.1, 0.15) is 0 Å². The Morgan fingerprint density at radius 1 is 1.24 bits per heavy atom. The molecule has 2 aromatic rings. The third-order valence-corrected chi connectivity index (χ3v) is 4.91. The van der Waals surface area contributed by atoms with Crippen LogP contribution in [0.3, 0.4) is 0 Å². The van der Waals surface area contributed by atoms with Crippen molar-refractivity contribution in [1.82, 2.24) is 9.47 Å². The molecule has 3 nitrogen and oxygen atoms in total. The number of fused-ring (bicyclic) bond motifs is 4. The summed E-state index contributed by atoms with van der Waals surface area (Å²) in [4.78, 5) is 14.8. The van der Waals surface area contributed by atoms with E-state index in [4.69, 9.17) is 0 Å². The van der Waals surface area contributed by atoms with E-state index in [1.165, 1.54) is 16.5 Å². The first-order valence-electron chi connectivity index (χ1n) is 7.86. The van der Waals surface area contributed by atoms with Gasteiger partial charge in [-0.15, -0.1) is 0 Å². The highest BCUT2D eigenvalue weighted by atomic mass is 16.1. The Labute approximate surface area is 124 Å². The Balaban J connectivity index is 1.84. The van der Waals surface area contributed by atoms with E-state index in [-0.39, 0.29) is 5.92 Å². The minimum absolute atomic E-state index is 0.265. The number of aromatic nitrogens is 1. The highest BCUT2D eigenvalue weighted by Crippen LogP contribution is 2.33. The average Bonchev–Trinajstić information content (AvgIpc) is 2.89. The molecule has 1 aromatic carbocycles. The molecule has 4 heterocycles. The molecule has 0 amide bonds. The van der Waals surface area contributed by atoms with E-state index in [1.54, 1.807) is 0 Å². The average molecular weight is 280 g/mol. The van der Waals surface area contributed by atoms with E-state index in [9.17, 15) is 4.79 Å². The van der Waals surface area contributed by atoms with E-state index in [2.05, 4.69) is 52.9 Å². The molecule has 3 saturated heterocycles. The normalized spacial score (nSPS) is 20.9. The van der Waals surface area contributed by atoms with Crippen molar-refractivity contribution in [3.63, 3.8) is 0 Å². The molecule has 0 N–H and O–H groups in total.